The minimum Gasteiger partial charge on any atom is -0.392 e. The van der Waals surface area contributed by atoms with Crippen LogP contribution in [0.25, 0.3) is 0 Å². The number of hydrogen-bond acceptors (Lipinski definition) is 4. The lowest BCUT2D eigenvalue weighted by Gasteiger charge is -2.12. The van der Waals surface area contributed by atoms with Gasteiger partial charge in [0.2, 0.25) is 10.0 Å². The van der Waals surface area contributed by atoms with Gasteiger partial charge >= 0.3 is 0 Å². The summed E-state index contributed by atoms with van der Waals surface area (Å²) in [6.45, 7) is 0.123. The summed E-state index contributed by atoms with van der Waals surface area (Å²) in [5.41, 5.74) is 1.74. The summed E-state index contributed by atoms with van der Waals surface area (Å²) >= 11 is 5.91. The van der Waals surface area contributed by atoms with E-state index in [2.05, 4.69) is 5.32 Å². The van der Waals surface area contributed by atoms with E-state index in [1.165, 1.54) is 20.2 Å². The molecule has 0 spiro atoms. The van der Waals surface area contributed by atoms with E-state index in [1.807, 2.05) is 0 Å². The van der Waals surface area contributed by atoms with Gasteiger partial charge in [0.05, 0.1) is 11.5 Å². The van der Waals surface area contributed by atoms with E-state index in [1.54, 1.807) is 36.4 Å². The minimum absolute atomic E-state index is 0.224. The first kappa shape index (κ1) is 20.4. The van der Waals surface area contributed by atoms with Crippen LogP contribution in [0.5, 0.6) is 0 Å². The van der Waals surface area contributed by atoms with Crippen molar-refractivity contribution < 1.29 is 18.3 Å². The number of halogens is 1. The van der Waals surface area contributed by atoms with Crippen molar-refractivity contribution in [3.05, 3.63) is 64.2 Å². The Morgan fingerprint density at radius 1 is 1.15 bits per heavy atom. The number of benzene rings is 2. The van der Waals surface area contributed by atoms with Crippen molar-refractivity contribution in [1.82, 2.24) is 9.62 Å². The zero-order valence-electron chi connectivity index (χ0n) is 14.6. The maximum Gasteiger partial charge on any atom is 0.251 e. The van der Waals surface area contributed by atoms with E-state index in [0.29, 0.717) is 29.1 Å². The lowest BCUT2D eigenvalue weighted by Crippen LogP contribution is -2.26. The average molecular weight is 397 g/mol. The second kappa shape index (κ2) is 8.64. The third-order valence-corrected chi connectivity index (χ3v) is 5.95. The zero-order valence-corrected chi connectivity index (χ0v) is 16.1. The third kappa shape index (κ3) is 4.82. The van der Waals surface area contributed by atoms with Crippen molar-refractivity contribution in [2.45, 2.75) is 17.9 Å². The van der Waals surface area contributed by atoms with Gasteiger partial charge < -0.3 is 10.4 Å². The Labute approximate surface area is 158 Å². The van der Waals surface area contributed by atoms with Crippen LogP contribution in [0.15, 0.2) is 47.4 Å². The van der Waals surface area contributed by atoms with Gasteiger partial charge in [0.15, 0.2) is 0 Å². The highest BCUT2D eigenvalue weighted by atomic mass is 35.5. The van der Waals surface area contributed by atoms with Crippen LogP contribution in [0, 0.1) is 0 Å². The van der Waals surface area contributed by atoms with Gasteiger partial charge in [-0.2, -0.15) is 0 Å². The molecule has 0 aliphatic rings. The summed E-state index contributed by atoms with van der Waals surface area (Å²) in [5.74, 6) is -0.316. The maximum atomic E-state index is 12.3. The van der Waals surface area contributed by atoms with Crippen molar-refractivity contribution in [2.24, 2.45) is 0 Å². The van der Waals surface area contributed by atoms with E-state index in [4.69, 9.17) is 11.6 Å². The van der Waals surface area contributed by atoms with Gasteiger partial charge in [-0.25, -0.2) is 12.7 Å². The molecule has 8 heteroatoms. The number of carbonyl (C=O) groups excluding carboxylic acids is 1. The smallest absolute Gasteiger partial charge is 0.251 e. The van der Waals surface area contributed by atoms with Gasteiger partial charge in [-0.3, -0.25) is 4.79 Å². The van der Waals surface area contributed by atoms with Crippen molar-refractivity contribution in [3.63, 3.8) is 0 Å². The fourth-order valence-electron chi connectivity index (χ4n) is 2.35. The summed E-state index contributed by atoms with van der Waals surface area (Å²) in [6, 6.07) is 11.3. The second-order valence-electron chi connectivity index (χ2n) is 5.90. The molecule has 140 valence electrons. The molecule has 2 rings (SSSR count). The summed E-state index contributed by atoms with van der Waals surface area (Å²) in [6.07, 6.45) is 0.545. The first-order chi connectivity index (χ1) is 12.3. The van der Waals surface area contributed by atoms with Crippen molar-refractivity contribution in [2.75, 3.05) is 20.6 Å². The highest BCUT2D eigenvalue weighted by Gasteiger charge is 2.16. The van der Waals surface area contributed by atoms with Crippen LogP contribution in [0.3, 0.4) is 0 Å². The quantitative estimate of drug-likeness (QED) is 0.750. The number of rotatable bonds is 7. The molecule has 1 amide bonds. The van der Waals surface area contributed by atoms with E-state index in [-0.39, 0.29) is 17.4 Å². The Morgan fingerprint density at radius 2 is 1.81 bits per heavy atom. The van der Waals surface area contributed by atoms with Gasteiger partial charge in [-0.15, -0.1) is 0 Å². The van der Waals surface area contributed by atoms with E-state index >= 15 is 0 Å². The zero-order chi connectivity index (χ0) is 19.3. The molecule has 2 N–H and O–H groups in total. The van der Waals surface area contributed by atoms with Gasteiger partial charge in [-0.05, 0) is 41.8 Å². The van der Waals surface area contributed by atoms with Gasteiger partial charge in [0.25, 0.3) is 5.91 Å². The average Bonchev–Trinajstić information content (AvgIpc) is 2.61. The van der Waals surface area contributed by atoms with Crippen LogP contribution in [-0.2, 0) is 23.1 Å². The number of nitrogens with one attached hydrogen (secondary N) is 1. The number of nitrogens with zero attached hydrogens (tertiary/aromatic N) is 1. The molecule has 0 aromatic heterocycles. The normalized spacial score (nSPS) is 11.6. The van der Waals surface area contributed by atoms with Crippen LogP contribution < -0.4 is 5.32 Å². The molecule has 2 aromatic rings. The molecule has 0 atom stereocenters. The molecule has 2 aromatic carbocycles. The molecule has 0 aliphatic carbocycles. The maximum absolute atomic E-state index is 12.3. The first-order valence-electron chi connectivity index (χ1n) is 7.94. The highest BCUT2D eigenvalue weighted by molar-refractivity contribution is 7.89. The summed E-state index contributed by atoms with van der Waals surface area (Å²) < 4.78 is 25.2. The second-order valence-corrected chi connectivity index (χ2v) is 8.49. The number of aliphatic hydroxyl groups excluding tert-OH is 1. The fraction of sp³-hybridized carbons (Fsp3) is 0.278. The Bertz CT molecular complexity index is 881. The molecule has 0 saturated carbocycles. The predicted molar refractivity (Wildman–Crippen MR) is 101 cm³/mol. The summed E-state index contributed by atoms with van der Waals surface area (Å²) in [5, 5.41) is 12.5. The Hall–Kier alpha value is -1.93. The first-order valence-corrected chi connectivity index (χ1v) is 9.76. The summed E-state index contributed by atoms with van der Waals surface area (Å²) in [4.78, 5) is 12.5. The van der Waals surface area contributed by atoms with Gasteiger partial charge in [-0.1, -0.05) is 29.8 Å². The third-order valence-electron chi connectivity index (χ3n) is 3.89. The number of hydrogen-bond donors (Lipinski definition) is 2. The van der Waals surface area contributed by atoms with Crippen molar-refractivity contribution in [3.8, 4) is 0 Å². The molecule has 0 fully saturated rings. The number of aliphatic hydroxyl groups is 1. The SMILES string of the molecule is CN(C)S(=O)(=O)c1ccc(CCNC(=O)c2cc(Cl)ccc2CO)cc1. The van der Waals surface area contributed by atoms with Crippen LogP contribution in [-0.4, -0.2) is 44.4 Å². The molecule has 0 aliphatic heterocycles. The molecule has 6 nitrogen and oxygen atoms in total. The molecule has 0 unspecified atom stereocenters. The number of sulfonamides is 1. The Balaban J connectivity index is 1.98. The van der Waals surface area contributed by atoms with Crippen LogP contribution >= 0.6 is 11.6 Å². The molecule has 26 heavy (non-hydrogen) atoms. The standard InChI is InChI=1S/C18H21ClN2O4S/c1-21(2)26(24,25)16-7-3-13(4-8-16)9-10-20-18(23)17-11-15(19)6-5-14(17)12-22/h3-8,11,22H,9-10,12H2,1-2H3,(H,20,23). The largest absolute Gasteiger partial charge is 0.392 e. The van der Waals surface area contributed by atoms with E-state index < -0.39 is 10.0 Å². The molecular formula is C18H21ClN2O4S. The molecule has 0 heterocycles. The lowest BCUT2D eigenvalue weighted by atomic mass is 10.1. The molecule has 0 bridgehead atoms. The monoisotopic (exact) mass is 396 g/mol. The van der Waals surface area contributed by atoms with E-state index in [0.717, 1.165) is 9.87 Å². The van der Waals surface area contributed by atoms with Gasteiger partial charge in [0, 0.05) is 31.2 Å². The van der Waals surface area contributed by atoms with Crippen LogP contribution in [0.1, 0.15) is 21.5 Å². The fourth-order valence-corrected chi connectivity index (χ4v) is 3.43. The van der Waals surface area contributed by atoms with E-state index in [9.17, 15) is 18.3 Å². The Morgan fingerprint density at radius 3 is 2.38 bits per heavy atom. The van der Waals surface area contributed by atoms with Crippen molar-refractivity contribution >= 4 is 27.5 Å². The Kier molecular flexibility index (Phi) is 6.77. The number of amides is 1. The van der Waals surface area contributed by atoms with Crippen LogP contribution in [0.4, 0.5) is 0 Å². The lowest BCUT2D eigenvalue weighted by molar-refractivity contribution is 0.0951. The topological polar surface area (TPSA) is 86.7 Å². The predicted octanol–water partition coefficient (Wildman–Crippen LogP) is 2.06. The summed E-state index contributed by atoms with van der Waals surface area (Å²) in [7, 11) is -0.485. The van der Waals surface area contributed by atoms with Crippen molar-refractivity contribution in [1.29, 1.82) is 0 Å². The minimum atomic E-state index is -3.45. The van der Waals surface area contributed by atoms with Gasteiger partial charge in [0.1, 0.15) is 0 Å². The molecular weight excluding hydrogens is 376 g/mol. The van der Waals surface area contributed by atoms with Crippen LogP contribution in [0.2, 0.25) is 5.02 Å². The highest BCUT2D eigenvalue weighted by Crippen LogP contribution is 2.17. The number of carbonyl (C=O) groups is 1. The molecule has 0 saturated heterocycles. The molecule has 0 radical (unpaired) electrons.